The van der Waals surface area contributed by atoms with Gasteiger partial charge in [0.05, 0.1) is 6.61 Å². The summed E-state index contributed by atoms with van der Waals surface area (Å²) in [6.45, 7) is 11.9. The van der Waals surface area contributed by atoms with E-state index < -0.39 is 0 Å². The number of likely N-dealkylation sites (tertiary alicyclic amines) is 1. The fourth-order valence-corrected chi connectivity index (χ4v) is 3.07. The van der Waals surface area contributed by atoms with Gasteiger partial charge in [0, 0.05) is 37.3 Å². The van der Waals surface area contributed by atoms with Crippen molar-refractivity contribution in [1.82, 2.24) is 10.2 Å². The molecule has 0 spiro atoms. The van der Waals surface area contributed by atoms with Crippen molar-refractivity contribution in [2.24, 2.45) is 5.92 Å². The molecule has 1 saturated carbocycles. The van der Waals surface area contributed by atoms with Gasteiger partial charge in [0.2, 0.25) is 0 Å². The van der Waals surface area contributed by atoms with Crippen molar-refractivity contribution in [3.63, 3.8) is 0 Å². The third kappa shape index (κ3) is 3.69. The van der Waals surface area contributed by atoms with Crippen molar-refractivity contribution in [1.29, 1.82) is 0 Å². The van der Waals surface area contributed by atoms with Gasteiger partial charge in [0.1, 0.15) is 0 Å². The van der Waals surface area contributed by atoms with Gasteiger partial charge in [-0.1, -0.05) is 13.8 Å². The van der Waals surface area contributed by atoms with Gasteiger partial charge in [-0.25, -0.2) is 0 Å². The quantitative estimate of drug-likeness (QED) is 0.754. The lowest BCUT2D eigenvalue weighted by molar-refractivity contribution is 0.103. The minimum atomic E-state index is 0.501. The molecule has 0 radical (unpaired) electrons. The van der Waals surface area contributed by atoms with Crippen LogP contribution in [-0.2, 0) is 4.74 Å². The highest BCUT2D eigenvalue weighted by molar-refractivity contribution is 4.96. The Morgan fingerprint density at radius 1 is 1.33 bits per heavy atom. The molecule has 0 amide bonds. The molecule has 1 aliphatic heterocycles. The Kier molecular flexibility index (Phi) is 5.05. The first-order valence-electron chi connectivity index (χ1n) is 7.71. The zero-order valence-electron chi connectivity index (χ0n) is 12.5. The molecule has 2 rings (SSSR count). The molecule has 1 heterocycles. The smallest absolute Gasteiger partial charge is 0.0622 e. The molecule has 0 aromatic heterocycles. The van der Waals surface area contributed by atoms with E-state index in [0.717, 1.165) is 25.3 Å². The van der Waals surface area contributed by atoms with E-state index >= 15 is 0 Å². The largest absolute Gasteiger partial charge is 0.380 e. The van der Waals surface area contributed by atoms with Gasteiger partial charge in [-0.2, -0.15) is 0 Å². The number of rotatable bonds is 7. The van der Waals surface area contributed by atoms with Crippen LogP contribution in [0.4, 0.5) is 0 Å². The zero-order chi connectivity index (χ0) is 13.1. The zero-order valence-corrected chi connectivity index (χ0v) is 12.5. The molecule has 2 fully saturated rings. The van der Waals surface area contributed by atoms with Crippen molar-refractivity contribution in [2.45, 2.75) is 71.1 Å². The first kappa shape index (κ1) is 14.3. The first-order valence-corrected chi connectivity index (χ1v) is 7.71. The molecule has 1 saturated heterocycles. The van der Waals surface area contributed by atoms with Gasteiger partial charge in [-0.05, 0) is 39.0 Å². The lowest BCUT2D eigenvalue weighted by atomic mass is 10.0. The molecule has 3 heteroatoms. The fraction of sp³-hybridized carbons (Fsp3) is 1.00. The van der Waals surface area contributed by atoms with Crippen LogP contribution in [0.3, 0.4) is 0 Å². The predicted molar refractivity (Wildman–Crippen MR) is 75.8 cm³/mol. The van der Waals surface area contributed by atoms with Crippen LogP contribution in [0, 0.1) is 5.92 Å². The summed E-state index contributed by atoms with van der Waals surface area (Å²) < 4.78 is 5.60. The maximum atomic E-state index is 5.60. The normalized spacial score (nSPS) is 31.2. The highest BCUT2D eigenvalue weighted by atomic mass is 16.5. The summed E-state index contributed by atoms with van der Waals surface area (Å²) in [5.74, 6) is 0.641. The summed E-state index contributed by atoms with van der Waals surface area (Å²) in [7, 11) is 0. The predicted octanol–water partition coefficient (Wildman–Crippen LogP) is 2.26. The SMILES string of the molecule is CCOCC(NC1CC(C)N(C2CC2)C1)C(C)C. The average Bonchev–Trinajstić information content (AvgIpc) is 3.09. The van der Waals surface area contributed by atoms with Crippen LogP contribution in [-0.4, -0.2) is 48.8 Å². The summed E-state index contributed by atoms with van der Waals surface area (Å²) in [4.78, 5) is 2.70. The molecule has 18 heavy (non-hydrogen) atoms. The maximum Gasteiger partial charge on any atom is 0.0622 e. The second kappa shape index (κ2) is 6.36. The van der Waals surface area contributed by atoms with Gasteiger partial charge < -0.3 is 10.1 Å². The molecule has 106 valence electrons. The van der Waals surface area contributed by atoms with Gasteiger partial charge in [-0.3, -0.25) is 4.90 Å². The Balaban J connectivity index is 1.80. The minimum absolute atomic E-state index is 0.501. The molecule has 0 aromatic rings. The van der Waals surface area contributed by atoms with E-state index in [1.165, 1.54) is 25.8 Å². The van der Waals surface area contributed by atoms with Gasteiger partial charge in [0.15, 0.2) is 0 Å². The van der Waals surface area contributed by atoms with Crippen LogP contribution < -0.4 is 5.32 Å². The molecular weight excluding hydrogens is 224 g/mol. The third-order valence-electron chi connectivity index (χ3n) is 4.39. The molecule has 1 N–H and O–H groups in total. The number of ether oxygens (including phenoxy) is 1. The van der Waals surface area contributed by atoms with E-state index in [1.54, 1.807) is 0 Å². The van der Waals surface area contributed by atoms with Crippen LogP contribution >= 0.6 is 0 Å². The Hall–Kier alpha value is -0.120. The molecule has 0 bridgehead atoms. The molecule has 3 unspecified atom stereocenters. The summed E-state index contributed by atoms with van der Waals surface area (Å²) in [6.07, 6.45) is 4.14. The van der Waals surface area contributed by atoms with Gasteiger partial charge >= 0.3 is 0 Å². The summed E-state index contributed by atoms with van der Waals surface area (Å²) >= 11 is 0. The molecule has 3 nitrogen and oxygen atoms in total. The van der Waals surface area contributed by atoms with Crippen molar-refractivity contribution >= 4 is 0 Å². The summed E-state index contributed by atoms with van der Waals surface area (Å²) in [5, 5.41) is 3.83. The maximum absolute atomic E-state index is 5.60. The highest BCUT2D eigenvalue weighted by Crippen LogP contribution is 2.33. The summed E-state index contributed by atoms with van der Waals surface area (Å²) in [6, 6.07) is 2.82. The Morgan fingerprint density at radius 2 is 2.06 bits per heavy atom. The molecule has 1 aliphatic carbocycles. The lowest BCUT2D eigenvalue weighted by Gasteiger charge is -2.26. The molecule has 2 aliphatic rings. The van der Waals surface area contributed by atoms with Gasteiger partial charge in [-0.15, -0.1) is 0 Å². The average molecular weight is 254 g/mol. The van der Waals surface area contributed by atoms with E-state index in [1.807, 2.05) is 0 Å². The second-order valence-electron chi connectivity index (χ2n) is 6.39. The number of hydrogen-bond donors (Lipinski definition) is 1. The minimum Gasteiger partial charge on any atom is -0.380 e. The van der Waals surface area contributed by atoms with Crippen molar-refractivity contribution in [3.05, 3.63) is 0 Å². The Labute approximate surface area is 112 Å². The second-order valence-corrected chi connectivity index (χ2v) is 6.39. The molecule has 3 atom stereocenters. The van der Waals surface area contributed by atoms with Crippen LogP contribution in [0.5, 0.6) is 0 Å². The Morgan fingerprint density at radius 3 is 2.61 bits per heavy atom. The van der Waals surface area contributed by atoms with Crippen LogP contribution in [0.2, 0.25) is 0 Å². The molecule has 0 aromatic carbocycles. The monoisotopic (exact) mass is 254 g/mol. The van der Waals surface area contributed by atoms with Crippen LogP contribution in [0.25, 0.3) is 0 Å². The van der Waals surface area contributed by atoms with Crippen molar-refractivity contribution in [2.75, 3.05) is 19.8 Å². The van der Waals surface area contributed by atoms with E-state index in [-0.39, 0.29) is 0 Å². The third-order valence-corrected chi connectivity index (χ3v) is 4.39. The van der Waals surface area contributed by atoms with Crippen molar-refractivity contribution in [3.8, 4) is 0 Å². The van der Waals surface area contributed by atoms with E-state index in [9.17, 15) is 0 Å². The van der Waals surface area contributed by atoms with E-state index in [0.29, 0.717) is 18.0 Å². The van der Waals surface area contributed by atoms with E-state index in [2.05, 4.69) is 37.9 Å². The lowest BCUT2D eigenvalue weighted by Crippen LogP contribution is -2.45. The van der Waals surface area contributed by atoms with Crippen LogP contribution in [0.15, 0.2) is 0 Å². The summed E-state index contributed by atoms with van der Waals surface area (Å²) in [5.41, 5.74) is 0. The Bertz CT molecular complexity index is 253. The van der Waals surface area contributed by atoms with Crippen molar-refractivity contribution < 1.29 is 4.74 Å². The number of nitrogens with zero attached hydrogens (tertiary/aromatic N) is 1. The topological polar surface area (TPSA) is 24.5 Å². The van der Waals surface area contributed by atoms with Gasteiger partial charge in [0.25, 0.3) is 0 Å². The first-order chi connectivity index (χ1) is 8.61. The molecular formula is C15H30N2O. The standard InChI is InChI=1S/C15H30N2O/c1-5-18-10-15(11(2)3)16-13-8-12(4)17(9-13)14-6-7-14/h11-16H,5-10H2,1-4H3. The number of hydrogen-bond acceptors (Lipinski definition) is 3. The number of nitrogens with one attached hydrogen (secondary N) is 1. The van der Waals surface area contributed by atoms with Crippen LogP contribution in [0.1, 0.15) is 47.0 Å². The highest BCUT2D eigenvalue weighted by Gasteiger charge is 2.39. The fourth-order valence-electron chi connectivity index (χ4n) is 3.07. The van der Waals surface area contributed by atoms with E-state index in [4.69, 9.17) is 4.74 Å².